The van der Waals surface area contributed by atoms with Crippen molar-refractivity contribution in [3.05, 3.63) is 42.1 Å². The highest BCUT2D eigenvalue weighted by atomic mass is 19.1. The number of aromatic nitrogens is 1. The van der Waals surface area contributed by atoms with Gasteiger partial charge in [0, 0.05) is 25.2 Å². The van der Waals surface area contributed by atoms with Gasteiger partial charge >= 0.3 is 0 Å². The van der Waals surface area contributed by atoms with Crippen LogP contribution < -0.4 is 0 Å². The number of carbonyl (C=O) groups excluding carboxylic acids is 1. The first-order valence-electron chi connectivity index (χ1n) is 5.88. The molecule has 2 aromatic rings. The molecule has 0 saturated carbocycles. The van der Waals surface area contributed by atoms with Gasteiger partial charge in [-0.05, 0) is 18.6 Å². The fourth-order valence-corrected chi connectivity index (χ4v) is 1.81. The van der Waals surface area contributed by atoms with Crippen molar-refractivity contribution in [2.75, 3.05) is 20.3 Å². The van der Waals surface area contributed by atoms with Crippen LogP contribution in [0.3, 0.4) is 0 Å². The minimum atomic E-state index is -0.409. The number of pyridine rings is 1. The van der Waals surface area contributed by atoms with Crippen LogP contribution in [0.1, 0.15) is 16.8 Å². The van der Waals surface area contributed by atoms with E-state index < -0.39 is 6.67 Å². The molecule has 0 aliphatic heterocycles. The molecule has 0 spiro atoms. The van der Waals surface area contributed by atoms with Crippen molar-refractivity contribution in [3.63, 3.8) is 0 Å². The summed E-state index contributed by atoms with van der Waals surface area (Å²) in [5, 5.41) is 0.933. The van der Waals surface area contributed by atoms with E-state index >= 15 is 0 Å². The van der Waals surface area contributed by atoms with Crippen molar-refractivity contribution in [1.29, 1.82) is 0 Å². The smallest absolute Gasteiger partial charge is 0.255 e. The number of halogens is 1. The van der Waals surface area contributed by atoms with Gasteiger partial charge in [-0.15, -0.1) is 0 Å². The minimum Gasteiger partial charge on any atom is -0.342 e. The zero-order valence-corrected chi connectivity index (χ0v) is 10.3. The summed E-state index contributed by atoms with van der Waals surface area (Å²) in [6, 6.07) is 9.45. The van der Waals surface area contributed by atoms with Crippen molar-refractivity contribution in [1.82, 2.24) is 9.88 Å². The van der Waals surface area contributed by atoms with Crippen molar-refractivity contribution in [2.24, 2.45) is 0 Å². The molecule has 0 N–H and O–H groups in total. The van der Waals surface area contributed by atoms with E-state index in [1.165, 1.54) is 4.90 Å². The normalized spacial score (nSPS) is 10.6. The van der Waals surface area contributed by atoms with Crippen molar-refractivity contribution >= 4 is 16.8 Å². The number of amides is 1. The number of alkyl halides is 1. The van der Waals surface area contributed by atoms with E-state index in [2.05, 4.69) is 4.98 Å². The van der Waals surface area contributed by atoms with Gasteiger partial charge in [0.2, 0.25) is 0 Å². The Labute approximate surface area is 105 Å². The highest BCUT2D eigenvalue weighted by molar-refractivity contribution is 5.97. The Morgan fingerprint density at radius 1 is 1.39 bits per heavy atom. The number of fused-ring (bicyclic) bond motifs is 1. The first-order chi connectivity index (χ1) is 8.72. The molecule has 18 heavy (non-hydrogen) atoms. The van der Waals surface area contributed by atoms with Gasteiger partial charge in [-0.2, -0.15) is 0 Å². The van der Waals surface area contributed by atoms with E-state index in [4.69, 9.17) is 0 Å². The maximum absolute atomic E-state index is 12.1. The summed E-state index contributed by atoms with van der Waals surface area (Å²) in [6.07, 6.45) is 1.93. The molecule has 0 radical (unpaired) electrons. The topological polar surface area (TPSA) is 33.2 Å². The molecular weight excluding hydrogens is 231 g/mol. The van der Waals surface area contributed by atoms with Crippen LogP contribution in [0.4, 0.5) is 4.39 Å². The molecule has 1 heterocycles. The van der Waals surface area contributed by atoms with Crippen LogP contribution in [0.15, 0.2) is 36.5 Å². The first-order valence-corrected chi connectivity index (χ1v) is 5.88. The molecule has 94 valence electrons. The maximum Gasteiger partial charge on any atom is 0.255 e. The molecule has 0 bridgehead atoms. The van der Waals surface area contributed by atoms with Crippen LogP contribution in [0, 0.1) is 0 Å². The Hall–Kier alpha value is -1.97. The molecule has 4 heteroatoms. The molecule has 1 aromatic heterocycles. The van der Waals surface area contributed by atoms with Crippen molar-refractivity contribution in [3.8, 4) is 0 Å². The van der Waals surface area contributed by atoms with Crippen LogP contribution in [0.2, 0.25) is 0 Å². The first kappa shape index (κ1) is 12.5. The van der Waals surface area contributed by atoms with Crippen LogP contribution >= 0.6 is 0 Å². The lowest BCUT2D eigenvalue weighted by molar-refractivity contribution is 0.0791. The molecule has 1 amide bonds. The van der Waals surface area contributed by atoms with Gasteiger partial charge in [-0.25, -0.2) is 0 Å². The number of hydrogen-bond acceptors (Lipinski definition) is 2. The van der Waals surface area contributed by atoms with Crippen molar-refractivity contribution < 1.29 is 9.18 Å². The van der Waals surface area contributed by atoms with E-state index in [0.29, 0.717) is 18.5 Å². The van der Waals surface area contributed by atoms with Gasteiger partial charge in [0.15, 0.2) is 0 Å². The van der Waals surface area contributed by atoms with E-state index in [9.17, 15) is 9.18 Å². The molecule has 2 rings (SSSR count). The summed E-state index contributed by atoms with van der Waals surface area (Å²) in [7, 11) is 1.67. The number of para-hydroxylation sites is 1. The van der Waals surface area contributed by atoms with Crippen LogP contribution in [-0.4, -0.2) is 36.1 Å². The van der Waals surface area contributed by atoms with Gasteiger partial charge in [-0.1, -0.05) is 18.2 Å². The number of benzene rings is 1. The minimum absolute atomic E-state index is 0.123. The highest BCUT2D eigenvalue weighted by Gasteiger charge is 2.12. The number of nitrogens with zero attached hydrogens (tertiary/aromatic N) is 2. The fraction of sp³-hybridized carbons (Fsp3) is 0.286. The Kier molecular flexibility index (Phi) is 3.87. The maximum atomic E-state index is 12.1. The third-order valence-electron chi connectivity index (χ3n) is 2.81. The lowest BCUT2D eigenvalue weighted by Gasteiger charge is -2.16. The number of hydrogen-bond donors (Lipinski definition) is 0. The summed E-state index contributed by atoms with van der Waals surface area (Å²) in [6.45, 7) is 0.00967. The van der Waals surface area contributed by atoms with Gasteiger partial charge in [-0.3, -0.25) is 14.2 Å². The Bertz CT molecular complexity index is 556. The summed E-state index contributed by atoms with van der Waals surface area (Å²) in [4.78, 5) is 17.8. The van der Waals surface area contributed by atoms with Crippen LogP contribution in [-0.2, 0) is 0 Å². The third kappa shape index (κ3) is 2.64. The zero-order valence-electron chi connectivity index (χ0n) is 10.3. The second-order valence-corrected chi connectivity index (χ2v) is 4.19. The van der Waals surface area contributed by atoms with E-state index in [1.54, 1.807) is 13.2 Å². The lowest BCUT2D eigenvalue weighted by Crippen LogP contribution is -2.28. The van der Waals surface area contributed by atoms with E-state index in [1.807, 2.05) is 30.3 Å². The Balaban J connectivity index is 2.22. The predicted octanol–water partition coefficient (Wildman–Crippen LogP) is 2.67. The molecule has 0 saturated heterocycles. The molecule has 3 nitrogen and oxygen atoms in total. The molecule has 0 fully saturated rings. The Morgan fingerprint density at radius 2 is 2.17 bits per heavy atom. The van der Waals surface area contributed by atoms with Gasteiger partial charge in [0.05, 0.1) is 17.8 Å². The molecule has 0 aliphatic rings. The largest absolute Gasteiger partial charge is 0.342 e. The molecule has 1 aromatic carbocycles. The monoisotopic (exact) mass is 246 g/mol. The van der Waals surface area contributed by atoms with Crippen LogP contribution in [0.25, 0.3) is 10.9 Å². The van der Waals surface area contributed by atoms with Gasteiger partial charge < -0.3 is 4.90 Å². The average molecular weight is 246 g/mol. The molecule has 0 atom stereocenters. The van der Waals surface area contributed by atoms with E-state index in [0.717, 1.165) is 10.9 Å². The fourth-order valence-electron chi connectivity index (χ4n) is 1.81. The van der Waals surface area contributed by atoms with Gasteiger partial charge in [0.25, 0.3) is 5.91 Å². The number of carbonyl (C=O) groups is 1. The standard InChI is InChI=1S/C14H15FN2O/c1-17(8-4-7-15)14(18)12-9-11-5-2-3-6-13(11)16-10-12/h2-3,5-6,9-10H,4,7-8H2,1H3. The lowest BCUT2D eigenvalue weighted by atomic mass is 10.1. The van der Waals surface area contributed by atoms with Gasteiger partial charge in [0.1, 0.15) is 0 Å². The summed E-state index contributed by atoms with van der Waals surface area (Å²) >= 11 is 0. The second kappa shape index (κ2) is 5.58. The SMILES string of the molecule is CN(CCCF)C(=O)c1cnc2ccccc2c1. The van der Waals surface area contributed by atoms with E-state index in [-0.39, 0.29) is 5.91 Å². The summed E-state index contributed by atoms with van der Waals surface area (Å²) in [5.41, 5.74) is 1.40. The third-order valence-corrected chi connectivity index (χ3v) is 2.81. The van der Waals surface area contributed by atoms with Crippen LogP contribution in [0.5, 0.6) is 0 Å². The summed E-state index contributed by atoms with van der Waals surface area (Å²) in [5.74, 6) is -0.123. The predicted molar refractivity (Wildman–Crippen MR) is 69.3 cm³/mol. The number of rotatable bonds is 4. The average Bonchev–Trinajstić information content (AvgIpc) is 2.43. The summed E-state index contributed by atoms with van der Waals surface area (Å²) < 4.78 is 12.1. The van der Waals surface area contributed by atoms with Crippen molar-refractivity contribution in [2.45, 2.75) is 6.42 Å². The molecule has 0 aliphatic carbocycles. The quantitative estimate of drug-likeness (QED) is 0.831. The molecule has 0 unspecified atom stereocenters. The second-order valence-electron chi connectivity index (χ2n) is 4.19. The highest BCUT2D eigenvalue weighted by Crippen LogP contribution is 2.13. The zero-order chi connectivity index (χ0) is 13.0. The molecular formula is C14H15FN2O. The Morgan fingerprint density at radius 3 is 2.94 bits per heavy atom.